The lowest BCUT2D eigenvalue weighted by atomic mass is 10.2. The number of ether oxygens (including phenoxy) is 3. The number of methoxy groups -OCH3 is 2. The second kappa shape index (κ2) is 9.75. The van der Waals surface area contributed by atoms with Crippen molar-refractivity contribution in [3.63, 3.8) is 0 Å². The lowest BCUT2D eigenvalue weighted by molar-refractivity contribution is -0.137. The van der Waals surface area contributed by atoms with Crippen LogP contribution in [0.3, 0.4) is 0 Å². The molecule has 0 spiro atoms. The van der Waals surface area contributed by atoms with Gasteiger partial charge in [-0.3, -0.25) is 9.59 Å². The Labute approximate surface area is 129 Å². The zero-order chi connectivity index (χ0) is 16.4. The molecule has 0 heterocycles. The predicted octanol–water partition coefficient (Wildman–Crippen LogP) is 0.885. The first kappa shape index (κ1) is 17.9. The number of carbonyl (C=O) groups is 2. The van der Waals surface area contributed by atoms with E-state index in [4.69, 9.17) is 19.3 Å². The molecular weight excluding hydrogens is 290 g/mol. The molecule has 0 aliphatic rings. The van der Waals surface area contributed by atoms with Crippen LogP contribution in [0.1, 0.15) is 10.4 Å². The van der Waals surface area contributed by atoms with Crippen LogP contribution in [0.2, 0.25) is 0 Å². The van der Waals surface area contributed by atoms with E-state index in [1.165, 1.54) is 12.0 Å². The molecule has 0 aliphatic heterocycles. The monoisotopic (exact) mass is 311 g/mol. The number of nitrogens with zero attached hydrogens (tertiary/aromatic N) is 1. The van der Waals surface area contributed by atoms with E-state index in [-0.39, 0.29) is 25.6 Å². The average molecular weight is 311 g/mol. The Morgan fingerprint density at radius 3 is 2.50 bits per heavy atom. The predicted molar refractivity (Wildman–Crippen MR) is 79.2 cm³/mol. The average Bonchev–Trinajstić information content (AvgIpc) is 2.51. The van der Waals surface area contributed by atoms with Crippen molar-refractivity contribution in [1.29, 1.82) is 0 Å². The van der Waals surface area contributed by atoms with E-state index < -0.39 is 5.97 Å². The number of rotatable bonds is 10. The number of carbonyl (C=O) groups excluding carboxylic acids is 1. The number of hydrogen-bond donors (Lipinski definition) is 1. The zero-order valence-corrected chi connectivity index (χ0v) is 12.8. The summed E-state index contributed by atoms with van der Waals surface area (Å²) in [6.45, 7) is 0.907. The highest BCUT2D eigenvalue weighted by Crippen LogP contribution is 2.15. The molecule has 122 valence electrons. The van der Waals surface area contributed by atoms with Gasteiger partial charge in [0.25, 0.3) is 5.91 Å². The smallest absolute Gasteiger partial charge is 0.323 e. The molecule has 1 rings (SSSR count). The SMILES string of the molecule is COCCOc1cccc(C(=O)N(CCOC)CC(=O)O)c1. The summed E-state index contributed by atoms with van der Waals surface area (Å²) in [6, 6.07) is 6.61. The van der Waals surface area contributed by atoms with E-state index >= 15 is 0 Å². The fourth-order valence-corrected chi connectivity index (χ4v) is 1.76. The van der Waals surface area contributed by atoms with E-state index in [9.17, 15) is 9.59 Å². The third-order valence-electron chi connectivity index (χ3n) is 2.82. The molecule has 0 saturated carbocycles. The van der Waals surface area contributed by atoms with Gasteiger partial charge >= 0.3 is 5.97 Å². The highest BCUT2D eigenvalue weighted by atomic mass is 16.5. The first-order chi connectivity index (χ1) is 10.6. The highest BCUT2D eigenvalue weighted by molar-refractivity contribution is 5.96. The van der Waals surface area contributed by atoms with Gasteiger partial charge in [-0.2, -0.15) is 0 Å². The number of aliphatic carboxylic acids is 1. The molecule has 1 aromatic rings. The van der Waals surface area contributed by atoms with Gasteiger partial charge in [0.1, 0.15) is 18.9 Å². The maximum atomic E-state index is 12.4. The van der Waals surface area contributed by atoms with Gasteiger partial charge in [0.2, 0.25) is 0 Å². The lowest BCUT2D eigenvalue weighted by Crippen LogP contribution is -2.38. The first-order valence-corrected chi connectivity index (χ1v) is 6.80. The Morgan fingerprint density at radius 2 is 1.86 bits per heavy atom. The molecule has 0 fully saturated rings. The summed E-state index contributed by atoms with van der Waals surface area (Å²) in [7, 11) is 3.07. The van der Waals surface area contributed by atoms with Gasteiger partial charge in [-0.25, -0.2) is 0 Å². The maximum Gasteiger partial charge on any atom is 0.323 e. The van der Waals surface area contributed by atoms with Gasteiger partial charge in [-0.05, 0) is 18.2 Å². The van der Waals surface area contributed by atoms with Crippen LogP contribution in [-0.4, -0.2) is 69.0 Å². The van der Waals surface area contributed by atoms with Crippen LogP contribution in [0, 0.1) is 0 Å². The Balaban J connectivity index is 2.79. The van der Waals surface area contributed by atoms with Gasteiger partial charge in [0, 0.05) is 26.3 Å². The summed E-state index contributed by atoms with van der Waals surface area (Å²) in [5, 5.41) is 8.90. The molecule has 0 radical (unpaired) electrons. The van der Waals surface area contributed by atoms with Gasteiger partial charge in [-0.1, -0.05) is 6.07 Å². The second-order valence-corrected chi connectivity index (χ2v) is 4.48. The normalized spacial score (nSPS) is 10.3. The Morgan fingerprint density at radius 1 is 1.14 bits per heavy atom. The number of carboxylic acid groups (broad SMARTS) is 1. The van der Waals surface area contributed by atoms with Gasteiger partial charge in [-0.15, -0.1) is 0 Å². The Kier molecular flexibility index (Phi) is 7.95. The first-order valence-electron chi connectivity index (χ1n) is 6.80. The standard InChI is InChI=1S/C15H21NO6/c1-20-7-6-16(11-14(17)18)15(19)12-4-3-5-13(10-12)22-9-8-21-2/h3-5,10H,6-9,11H2,1-2H3,(H,17,18). The molecule has 0 atom stereocenters. The van der Waals surface area contributed by atoms with Gasteiger partial charge in [0.15, 0.2) is 0 Å². The molecular formula is C15H21NO6. The van der Waals surface area contributed by atoms with Crippen molar-refractivity contribution < 1.29 is 28.9 Å². The van der Waals surface area contributed by atoms with Crippen molar-refractivity contribution in [2.24, 2.45) is 0 Å². The third-order valence-corrected chi connectivity index (χ3v) is 2.82. The number of hydrogen-bond acceptors (Lipinski definition) is 5. The molecule has 0 aliphatic carbocycles. The van der Waals surface area contributed by atoms with Crippen molar-refractivity contribution in [1.82, 2.24) is 4.90 Å². The Hall–Kier alpha value is -2.12. The Bertz CT molecular complexity index is 491. The van der Waals surface area contributed by atoms with Crippen molar-refractivity contribution >= 4 is 11.9 Å². The summed E-state index contributed by atoms with van der Waals surface area (Å²) in [5.41, 5.74) is 0.368. The molecule has 0 aromatic heterocycles. The highest BCUT2D eigenvalue weighted by Gasteiger charge is 2.18. The number of carboxylic acids is 1. The van der Waals surface area contributed by atoms with E-state index in [2.05, 4.69) is 0 Å². The van der Waals surface area contributed by atoms with Crippen LogP contribution in [-0.2, 0) is 14.3 Å². The van der Waals surface area contributed by atoms with Gasteiger partial charge in [0.05, 0.1) is 13.2 Å². The number of benzene rings is 1. The minimum Gasteiger partial charge on any atom is -0.491 e. The van der Waals surface area contributed by atoms with Crippen molar-refractivity contribution in [3.8, 4) is 5.75 Å². The molecule has 1 amide bonds. The van der Waals surface area contributed by atoms with Crippen LogP contribution < -0.4 is 4.74 Å². The molecule has 22 heavy (non-hydrogen) atoms. The zero-order valence-electron chi connectivity index (χ0n) is 12.8. The maximum absolute atomic E-state index is 12.4. The quantitative estimate of drug-likeness (QED) is 0.646. The minimum absolute atomic E-state index is 0.205. The third kappa shape index (κ3) is 6.11. The molecule has 0 saturated heterocycles. The summed E-state index contributed by atoms with van der Waals surface area (Å²) in [5.74, 6) is -0.918. The molecule has 0 unspecified atom stereocenters. The van der Waals surface area contributed by atoms with E-state index in [0.717, 1.165) is 0 Å². The van der Waals surface area contributed by atoms with Crippen LogP contribution >= 0.6 is 0 Å². The summed E-state index contributed by atoms with van der Waals surface area (Å²) in [4.78, 5) is 24.5. The van der Waals surface area contributed by atoms with Crippen LogP contribution in [0.5, 0.6) is 5.75 Å². The van der Waals surface area contributed by atoms with Crippen LogP contribution in [0.15, 0.2) is 24.3 Å². The fourth-order valence-electron chi connectivity index (χ4n) is 1.76. The fraction of sp³-hybridized carbons (Fsp3) is 0.467. The molecule has 1 aromatic carbocycles. The molecule has 0 bridgehead atoms. The largest absolute Gasteiger partial charge is 0.491 e. The van der Waals surface area contributed by atoms with E-state index in [1.807, 2.05) is 0 Å². The van der Waals surface area contributed by atoms with E-state index in [0.29, 0.717) is 24.5 Å². The van der Waals surface area contributed by atoms with Crippen LogP contribution in [0.25, 0.3) is 0 Å². The number of amides is 1. The lowest BCUT2D eigenvalue weighted by Gasteiger charge is -2.20. The summed E-state index contributed by atoms with van der Waals surface area (Å²) < 4.78 is 15.2. The van der Waals surface area contributed by atoms with Crippen LogP contribution in [0.4, 0.5) is 0 Å². The summed E-state index contributed by atoms with van der Waals surface area (Å²) in [6.07, 6.45) is 0. The molecule has 1 N–H and O–H groups in total. The van der Waals surface area contributed by atoms with Gasteiger partial charge < -0.3 is 24.2 Å². The topological polar surface area (TPSA) is 85.3 Å². The summed E-state index contributed by atoms with van der Waals surface area (Å²) >= 11 is 0. The molecule has 7 nitrogen and oxygen atoms in total. The minimum atomic E-state index is -1.07. The van der Waals surface area contributed by atoms with Crippen molar-refractivity contribution in [2.75, 3.05) is 47.1 Å². The molecule has 7 heteroatoms. The van der Waals surface area contributed by atoms with Crippen molar-refractivity contribution in [3.05, 3.63) is 29.8 Å². The van der Waals surface area contributed by atoms with Crippen molar-refractivity contribution in [2.45, 2.75) is 0 Å². The van der Waals surface area contributed by atoms with E-state index in [1.54, 1.807) is 31.4 Å². The second-order valence-electron chi connectivity index (χ2n) is 4.48.